The number of nitrogens with one attached hydrogen (secondary N) is 1. The molecule has 3 heteroatoms. The molecule has 0 fully saturated rings. The van der Waals surface area contributed by atoms with Gasteiger partial charge in [0.1, 0.15) is 0 Å². The minimum absolute atomic E-state index is 0.726. The number of benzene rings is 1. The third kappa shape index (κ3) is 1.55. The highest BCUT2D eigenvalue weighted by Gasteiger charge is 1.95. The average Bonchev–Trinajstić information content (AvgIpc) is 2.53. The zero-order chi connectivity index (χ0) is 9.26. The Morgan fingerprint density at radius 3 is 2.46 bits per heavy atom. The molecule has 1 N–H and O–H groups in total. The molecule has 0 saturated carbocycles. The molecule has 0 atom stereocenters. The molecule has 0 aliphatic rings. The van der Waals surface area contributed by atoms with Gasteiger partial charge in [0.25, 0.3) is 0 Å². The van der Waals surface area contributed by atoms with E-state index in [0.717, 1.165) is 10.5 Å². The van der Waals surface area contributed by atoms with Crippen LogP contribution in [0.5, 0.6) is 0 Å². The predicted molar refractivity (Wildman–Crippen MR) is 55.7 cm³/mol. The first kappa shape index (κ1) is 8.26. The summed E-state index contributed by atoms with van der Waals surface area (Å²) >= 11 is 5.11. The Morgan fingerprint density at radius 1 is 1.23 bits per heavy atom. The molecule has 0 unspecified atom stereocenters. The molecule has 0 aliphatic heterocycles. The van der Waals surface area contributed by atoms with Crippen molar-refractivity contribution in [2.24, 2.45) is 0 Å². The van der Waals surface area contributed by atoms with Gasteiger partial charge in [-0.15, -0.1) is 0 Å². The maximum atomic E-state index is 5.11. The van der Waals surface area contributed by atoms with Crippen LogP contribution in [-0.2, 0) is 0 Å². The van der Waals surface area contributed by atoms with Crippen molar-refractivity contribution in [3.05, 3.63) is 47.0 Å². The molecule has 0 radical (unpaired) electrons. The van der Waals surface area contributed by atoms with Gasteiger partial charge in [-0.05, 0) is 31.3 Å². The summed E-state index contributed by atoms with van der Waals surface area (Å²) in [6, 6.07) is 8.26. The summed E-state index contributed by atoms with van der Waals surface area (Å²) in [7, 11) is 0. The van der Waals surface area contributed by atoms with E-state index >= 15 is 0 Å². The number of hydrogen-bond acceptors (Lipinski definition) is 1. The second kappa shape index (κ2) is 3.18. The van der Waals surface area contributed by atoms with E-state index in [4.69, 9.17) is 12.2 Å². The van der Waals surface area contributed by atoms with Crippen molar-refractivity contribution >= 4 is 12.2 Å². The molecule has 66 valence electrons. The molecule has 1 heterocycles. The smallest absolute Gasteiger partial charge is 0.181 e. The fourth-order valence-corrected chi connectivity index (χ4v) is 1.46. The van der Waals surface area contributed by atoms with Crippen molar-refractivity contribution < 1.29 is 0 Å². The van der Waals surface area contributed by atoms with Crippen LogP contribution in [0.25, 0.3) is 5.69 Å². The summed E-state index contributed by atoms with van der Waals surface area (Å²) in [6.07, 6.45) is 3.76. The van der Waals surface area contributed by atoms with Gasteiger partial charge in [-0.3, -0.25) is 4.57 Å². The molecular formula is C10H10N2S. The number of aromatic amines is 1. The second-order valence-corrected chi connectivity index (χ2v) is 3.36. The molecule has 0 spiro atoms. The van der Waals surface area contributed by atoms with E-state index in [2.05, 4.69) is 36.2 Å². The molecule has 2 rings (SSSR count). The molecule has 13 heavy (non-hydrogen) atoms. The van der Waals surface area contributed by atoms with Gasteiger partial charge < -0.3 is 4.98 Å². The van der Waals surface area contributed by atoms with E-state index in [0.29, 0.717) is 0 Å². The van der Waals surface area contributed by atoms with Crippen LogP contribution in [0.1, 0.15) is 5.56 Å². The van der Waals surface area contributed by atoms with Gasteiger partial charge in [0.05, 0.1) is 0 Å². The number of aryl methyl sites for hydroxylation is 1. The highest BCUT2D eigenvalue weighted by molar-refractivity contribution is 7.71. The third-order valence-corrected chi connectivity index (χ3v) is 2.28. The molecule has 2 nitrogen and oxygen atoms in total. The minimum Gasteiger partial charge on any atom is -0.337 e. The van der Waals surface area contributed by atoms with Crippen LogP contribution in [0, 0.1) is 11.7 Å². The van der Waals surface area contributed by atoms with Crippen molar-refractivity contribution in [1.29, 1.82) is 0 Å². The number of imidazole rings is 1. The maximum Gasteiger partial charge on any atom is 0.181 e. The molecule has 0 aliphatic carbocycles. The van der Waals surface area contributed by atoms with E-state index in [1.165, 1.54) is 5.56 Å². The van der Waals surface area contributed by atoms with Crippen molar-refractivity contribution in [3.8, 4) is 5.69 Å². The molecule has 0 saturated heterocycles. The third-order valence-electron chi connectivity index (χ3n) is 1.96. The summed E-state index contributed by atoms with van der Waals surface area (Å²) < 4.78 is 2.67. The zero-order valence-electron chi connectivity index (χ0n) is 7.32. The van der Waals surface area contributed by atoms with Crippen LogP contribution >= 0.6 is 12.2 Å². The number of aromatic nitrogens is 2. The lowest BCUT2D eigenvalue weighted by Crippen LogP contribution is -1.91. The number of nitrogens with zero attached hydrogens (tertiary/aromatic N) is 1. The van der Waals surface area contributed by atoms with Gasteiger partial charge in [-0.2, -0.15) is 0 Å². The van der Waals surface area contributed by atoms with Crippen LogP contribution in [0.2, 0.25) is 0 Å². The Bertz CT molecular complexity index is 450. The first-order valence-corrected chi connectivity index (χ1v) is 4.51. The highest BCUT2D eigenvalue weighted by Crippen LogP contribution is 2.09. The van der Waals surface area contributed by atoms with Gasteiger partial charge in [0, 0.05) is 18.1 Å². The lowest BCUT2D eigenvalue weighted by Gasteiger charge is -2.01. The standard InChI is InChI=1S/C10H10N2S/c1-8-2-4-9(5-3-8)12-7-6-11-10(12)13/h2-7H,1H3,(H,11,13). The van der Waals surface area contributed by atoms with Gasteiger partial charge >= 0.3 is 0 Å². The van der Waals surface area contributed by atoms with E-state index in [-0.39, 0.29) is 0 Å². The largest absolute Gasteiger partial charge is 0.337 e. The van der Waals surface area contributed by atoms with Crippen LogP contribution in [0.15, 0.2) is 36.7 Å². The van der Waals surface area contributed by atoms with Crippen molar-refractivity contribution in [2.75, 3.05) is 0 Å². The van der Waals surface area contributed by atoms with Crippen LogP contribution in [-0.4, -0.2) is 9.55 Å². The van der Waals surface area contributed by atoms with E-state index in [1.807, 2.05) is 17.0 Å². The Labute approximate surface area is 81.9 Å². The van der Waals surface area contributed by atoms with Crippen LogP contribution < -0.4 is 0 Å². The molecular weight excluding hydrogens is 180 g/mol. The van der Waals surface area contributed by atoms with Gasteiger partial charge in [0.2, 0.25) is 0 Å². The molecule has 0 amide bonds. The number of hydrogen-bond donors (Lipinski definition) is 1. The maximum absolute atomic E-state index is 5.11. The van der Waals surface area contributed by atoms with Crippen molar-refractivity contribution in [3.63, 3.8) is 0 Å². The van der Waals surface area contributed by atoms with Crippen LogP contribution in [0.4, 0.5) is 0 Å². The summed E-state index contributed by atoms with van der Waals surface area (Å²) in [6.45, 7) is 2.07. The monoisotopic (exact) mass is 190 g/mol. The summed E-state index contributed by atoms with van der Waals surface area (Å²) in [4.78, 5) is 2.96. The predicted octanol–water partition coefficient (Wildman–Crippen LogP) is 2.84. The summed E-state index contributed by atoms with van der Waals surface area (Å²) in [5.74, 6) is 0. The highest BCUT2D eigenvalue weighted by atomic mass is 32.1. The van der Waals surface area contributed by atoms with E-state index in [9.17, 15) is 0 Å². The van der Waals surface area contributed by atoms with Crippen molar-refractivity contribution in [2.45, 2.75) is 6.92 Å². The topological polar surface area (TPSA) is 20.7 Å². The van der Waals surface area contributed by atoms with E-state index < -0.39 is 0 Å². The average molecular weight is 190 g/mol. The SMILES string of the molecule is Cc1ccc(-n2cc[nH]c2=S)cc1. The van der Waals surface area contributed by atoms with Crippen molar-refractivity contribution in [1.82, 2.24) is 9.55 Å². The number of H-pyrrole nitrogens is 1. The second-order valence-electron chi connectivity index (χ2n) is 2.97. The Balaban J connectivity index is 2.54. The Kier molecular flexibility index (Phi) is 2.02. The zero-order valence-corrected chi connectivity index (χ0v) is 8.14. The Morgan fingerprint density at radius 2 is 1.92 bits per heavy atom. The lowest BCUT2D eigenvalue weighted by atomic mass is 10.2. The summed E-state index contributed by atoms with van der Waals surface area (Å²) in [5, 5.41) is 0. The first-order chi connectivity index (χ1) is 6.27. The quantitative estimate of drug-likeness (QED) is 0.686. The molecule has 0 bridgehead atoms. The normalized spacial score (nSPS) is 10.2. The fourth-order valence-electron chi connectivity index (χ4n) is 1.23. The van der Waals surface area contributed by atoms with E-state index in [1.54, 1.807) is 0 Å². The lowest BCUT2D eigenvalue weighted by molar-refractivity contribution is 1.03. The minimum atomic E-state index is 0.726. The molecule has 1 aromatic heterocycles. The van der Waals surface area contributed by atoms with Gasteiger partial charge in [0.15, 0.2) is 4.77 Å². The molecule has 1 aromatic carbocycles. The first-order valence-electron chi connectivity index (χ1n) is 4.10. The molecule has 2 aromatic rings. The summed E-state index contributed by atoms with van der Waals surface area (Å²) in [5.41, 5.74) is 2.35. The van der Waals surface area contributed by atoms with Gasteiger partial charge in [-0.1, -0.05) is 17.7 Å². The van der Waals surface area contributed by atoms with Crippen LogP contribution in [0.3, 0.4) is 0 Å². The Hall–Kier alpha value is -1.35. The van der Waals surface area contributed by atoms with Gasteiger partial charge in [-0.25, -0.2) is 0 Å². The number of rotatable bonds is 1. The fraction of sp³-hybridized carbons (Fsp3) is 0.100.